The van der Waals surface area contributed by atoms with Crippen molar-refractivity contribution < 1.29 is 23.6 Å². The second-order valence-corrected chi connectivity index (χ2v) is 6.36. The number of nitrogens with zero attached hydrogens (tertiary/aromatic N) is 2. The second-order valence-electron chi connectivity index (χ2n) is 6.36. The molecule has 1 aromatic heterocycles. The lowest BCUT2D eigenvalue weighted by molar-refractivity contribution is 0.0428. The van der Waals surface area contributed by atoms with Crippen molar-refractivity contribution in [1.82, 2.24) is 15.5 Å². The summed E-state index contributed by atoms with van der Waals surface area (Å²) in [5.41, 5.74) is 0.668. The van der Waals surface area contributed by atoms with E-state index in [0.29, 0.717) is 17.9 Å². The zero-order valence-corrected chi connectivity index (χ0v) is 14.7. The monoisotopic (exact) mass is 347 g/mol. The molecule has 0 bridgehead atoms. The standard InChI is InChI=1S/C17H21N3O5/c1-11-19-14(25-20-11)10-23-15(21)13-7-5-12(6-8-13)9-18-16(22)24-17(2,3)4/h5-8H,9-10H2,1-4H3,(H,18,22). The minimum Gasteiger partial charge on any atom is -0.452 e. The minimum atomic E-state index is -0.547. The van der Waals surface area contributed by atoms with E-state index in [1.54, 1.807) is 52.0 Å². The van der Waals surface area contributed by atoms with Gasteiger partial charge in [-0.1, -0.05) is 17.3 Å². The predicted octanol–water partition coefficient (Wildman–Crippen LogP) is 2.76. The molecule has 0 radical (unpaired) electrons. The molecule has 2 rings (SSSR count). The van der Waals surface area contributed by atoms with Crippen molar-refractivity contribution in [3.05, 3.63) is 47.1 Å². The molecule has 0 spiro atoms. The number of esters is 1. The first-order chi connectivity index (χ1) is 11.7. The largest absolute Gasteiger partial charge is 0.452 e. The first-order valence-corrected chi connectivity index (χ1v) is 7.75. The number of ether oxygens (including phenoxy) is 2. The molecule has 0 fully saturated rings. The maximum absolute atomic E-state index is 12.0. The van der Waals surface area contributed by atoms with Gasteiger partial charge >= 0.3 is 12.1 Å². The van der Waals surface area contributed by atoms with Crippen LogP contribution < -0.4 is 5.32 Å². The number of benzene rings is 1. The molecule has 8 nitrogen and oxygen atoms in total. The first kappa shape index (κ1) is 18.4. The van der Waals surface area contributed by atoms with Crippen molar-refractivity contribution in [3.63, 3.8) is 0 Å². The molecule has 0 aliphatic rings. The van der Waals surface area contributed by atoms with Crippen LogP contribution in [0, 0.1) is 6.92 Å². The van der Waals surface area contributed by atoms with E-state index in [9.17, 15) is 9.59 Å². The van der Waals surface area contributed by atoms with E-state index in [1.807, 2.05) is 0 Å². The van der Waals surface area contributed by atoms with Crippen LogP contribution >= 0.6 is 0 Å². The van der Waals surface area contributed by atoms with E-state index in [2.05, 4.69) is 15.5 Å². The molecular weight excluding hydrogens is 326 g/mol. The maximum atomic E-state index is 12.0. The molecule has 25 heavy (non-hydrogen) atoms. The summed E-state index contributed by atoms with van der Waals surface area (Å²) in [7, 11) is 0. The fourth-order valence-corrected chi connectivity index (χ4v) is 1.86. The molecule has 0 unspecified atom stereocenters. The molecule has 1 aromatic carbocycles. The zero-order chi connectivity index (χ0) is 18.4. The van der Waals surface area contributed by atoms with E-state index in [-0.39, 0.29) is 12.5 Å². The van der Waals surface area contributed by atoms with Gasteiger partial charge in [0.25, 0.3) is 5.89 Å². The summed E-state index contributed by atoms with van der Waals surface area (Å²) in [4.78, 5) is 27.5. The Labute approximate surface area is 145 Å². The molecular formula is C17H21N3O5. The van der Waals surface area contributed by atoms with Crippen LogP contribution in [0.3, 0.4) is 0 Å². The third-order valence-corrected chi connectivity index (χ3v) is 2.92. The normalized spacial score (nSPS) is 11.0. The van der Waals surface area contributed by atoms with Gasteiger partial charge in [0.1, 0.15) is 5.60 Å². The van der Waals surface area contributed by atoms with Gasteiger partial charge in [-0.25, -0.2) is 9.59 Å². The molecule has 134 valence electrons. The van der Waals surface area contributed by atoms with E-state index >= 15 is 0 Å². The van der Waals surface area contributed by atoms with Gasteiger partial charge < -0.3 is 19.3 Å². The van der Waals surface area contributed by atoms with Crippen molar-refractivity contribution in [3.8, 4) is 0 Å². The van der Waals surface area contributed by atoms with Crippen molar-refractivity contribution in [2.45, 2.75) is 46.4 Å². The number of hydrogen-bond donors (Lipinski definition) is 1. The number of amides is 1. The molecule has 8 heteroatoms. The van der Waals surface area contributed by atoms with Gasteiger partial charge in [-0.3, -0.25) is 0 Å². The molecule has 1 N–H and O–H groups in total. The number of rotatable bonds is 5. The molecule has 1 heterocycles. The van der Waals surface area contributed by atoms with E-state index < -0.39 is 17.7 Å². The lowest BCUT2D eigenvalue weighted by Crippen LogP contribution is -2.32. The highest BCUT2D eigenvalue weighted by Gasteiger charge is 2.16. The summed E-state index contributed by atoms with van der Waals surface area (Å²) < 4.78 is 15.1. The van der Waals surface area contributed by atoms with Gasteiger partial charge in [0.05, 0.1) is 5.56 Å². The summed E-state index contributed by atoms with van der Waals surface area (Å²) in [5.74, 6) is 0.222. The van der Waals surface area contributed by atoms with Crippen LogP contribution in [0.15, 0.2) is 28.8 Å². The Hall–Kier alpha value is -2.90. The third kappa shape index (κ3) is 6.25. The molecule has 0 saturated carbocycles. The van der Waals surface area contributed by atoms with Crippen molar-refractivity contribution in [2.24, 2.45) is 0 Å². The van der Waals surface area contributed by atoms with E-state index in [1.165, 1.54) is 0 Å². The average molecular weight is 347 g/mol. The smallest absolute Gasteiger partial charge is 0.407 e. The Balaban J connectivity index is 1.82. The average Bonchev–Trinajstić information content (AvgIpc) is 2.95. The number of alkyl carbamates (subject to hydrolysis) is 1. The fourth-order valence-electron chi connectivity index (χ4n) is 1.86. The predicted molar refractivity (Wildman–Crippen MR) is 87.7 cm³/mol. The maximum Gasteiger partial charge on any atom is 0.407 e. The Kier molecular flexibility index (Phi) is 5.74. The SMILES string of the molecule is Cc1noc(COC(=O)c2ccc(CNC(=O)OC(C)(C)C)cc2)n1. The van der Waals surface area contributed by atoms with Crippen LogP contribution in [0.4, 0.5) is 4.79 Å². The number of nitrogens with one attached hydrogen (secondary N) is 1. The molecule has 2 aromatic rings. The number of carbonyl (C=O) groups is 2. The summed E-state index contributed by atoms with van der Waals surface area (Å²) in [6.45, 7) is 7.28. The number of aromatic nitrogens is 2. The molecule has 1 amide bonds. The van der Waals surface area contributed by atoms with Gasteiger partial charge in [0.2, 0.25) is 0 Å². The van der Waals surface area contributed by atoms with Gasteiger partial charge in [-0.15, -0.1) is 0 Å². The number of hydrogen-bond acceptors (Lipinski definition) is 7. The lowest BCUT2D eigenvalue weighted by atomic mass is 10.1. The van der Waals surface area contributed by atoms with Gasteiger partial charge in [-0.2, -0.15) is 4.98 Å². The molecule has 0 aliphatic heterocycles. The van der Waals surface area contributed by atoms with Crippen molar-refractivity contribution in [1.29, 1.82) is 0 Å². The third-order valence-electron chi connectivity index (χ3n) is 2.92. The zero-order valence-electron chi connectivity index (χ0n) is 14.7. The Bertz CT molecular complexity index is 731. The van der Waals surface area contributed by atoms with Crippen LogP contribution in [-0.4, -0.2) is 27.8 Å². The summed E-state index contributed by atoms with van der Waals surface area (Å²) in [5, 5.41) is 6.26. The van der Waals surface area contributed by atoms with Crippen LogP contribution in [0.25, 0.3) is 0 Å². The van der Waals surface area contributed by atoms with Crippen molar-refractivity contribution in [2.75, 3.05) is 0 Å². The Morgan fingerprint density at radius 1 is 1.20 bits per heavy atom. The fraction of sp³-hybridized carbons (Fsp3) is 0.412. The highest BCUT2D eigenvalue weighted by molar-refractivity contribution is 5.89. The summed E-state index contributed by atoms with van der Waals surface area (Å²) >= 11 is 0. The number of aryl methyl sites for hydroxylation is 1. The summed E-state index contributed by atoms with van der Waals surface area (Å²) in [6, 6.07) is 6.69. The van der Waals surface area contributed by atoms with Crippen LogP contribution in [-0.2, 0) is 22.6 Å². The number of carbonyl (C=O) groups excluding carboxylic acids is 2. The Morgan fingerprint density at radius 3 is 2.44 bits per heavy atom. The van der Waals surface area contributed by atoms with Crippen LogP contribution in [0.1, 0.15) is 48.4 Å². The van der Waals surface area contributed by atoms with E-state index in [0.717, 1.165) is 5.56 Å². The highest BCUT2D eigenvalue weighted by Crippen LogP contribution is 2.09. The Morgan fingerprint density at radius 2 is 1.88 bits per heavy atom. The molecule has 0 atom stereocenters. The van der Waals surface area contributed by atoms with Crippen LogP contribution in [0.5, 0.6) is 0 Å². The van der Waals surface area contributed by atoms with Crippen LogP contribution in [0.2, 0.25) is 0 Å². The van der Waals surface area contributed by atoms with Gasteiger partial charge in [0, 0.05) is 6.54 Å². The highest BCUT2D eigenvalue weighted by atomic mass is 16.6. The van der Waals surface area contributed by atoms with Crippen molar-refractivity contribution >= 4 is 12.1 Å². The van der Waals surface area contributed by atoms with E-state index in [4.69, 9.17) is 14.0 Å². The topological polar surface area (TPSA) is 104 Å². The molecule has 0 saturated heterocycles. The summed E-state index contributed by atoms with van der Waals surface area (Å²) in [6.07, 6.45) is -0.495. The minimum absolute atomic E-state index is 0.0817. The second kappa shape index (κ2) is 7.78. The van der Waals surface area contributed by atoms with Gasteiger partial charge in [0.15, 0.2) is 12.4 Å². The lowest BCUT2D eigenvalue weighted by Gasteiger charge is -2.19. The molecule has 0 aliphatic carbocycles. The van der Waals surface area contributed by atoms with Gasteiger partial charge in [-0.05, 0) is 45.4 Å². The quantitative estimate of drug-likeness (QED) is 0.829. The first-order valence-electron chi connectivity index (χ1n) is 7.75.